The van der Waals surface area contributed by atoms with Gasteiger partial charge in [-0.1, -0.05) is 6.07 Å². The normalized spacial score (nSPS) is 14.7. The molecule has 1 N–H and O–H groups in total. The summed E-state index contributed by atoms with van der Waals surface area (Å²) < 4.78 is 38.4. The van der Waals surface area contributed by atoms with Gasteiger partial charge in [-0.05, 0) is 41.0 Å². The number of hydrogen-bond donors (Lipinski definition) is 1. The molecule has 1 aliphatic rings. The first kappa shape index (κ1) is 17.3. The fraction of sp³-hybridized carbons (Fsp3) is 0.235. The lowest BCUT2D eigenvalue weighted by Gasteiger charge is -2.21. The SMILES string of the molecule is COc1ccc(N2CCCC2=O)c(NS(=O)(=O)c2cccc3nonc23)c1. The number of nitrogens with zero attached hydrogens (tertiary/aromatic N) is 3. The highest BCUT2D eigenvalue weighted by molar-refractivity contribution is 7.93. The fourth-order valence-electron chi connectivity index (χ4n) is 3.06. The Balaban J connectivity index is 1.79. The van der Waals surface area contributed by atoms with Crippen molar-refractivity contribution in [1.82, 2.24) is 10.3 Å². The van der Waals surface area contributed by atoms with Gasteiger partial charge in [-0.15, -0.1) is 0 Å². The van der Waals surface area contributed by atoms with Gasteiger partial charge in [0.05, 0.1) is 18.5 Å². The molecule has 1 saturated heterocycles. The maximum Gasteiger partial charge on any atom is 0.264 e. The van der Waals surface area contributed by atoms with Gasteiger partial charge in [-0.2, -0.15) is 0 Å². The Labute approximate surface area is 154 Å². The van der Waals surface area contributed by atoms with Crippen molar-refractivity contribution >= 4 is 38.3 Å². The summed E-state index contributed by atoms with van der Waals surface area (Å²) in [5.41, 5.74) is 1.19. The summed E-state index contributed by atoms with van der Waals surface area (Å²) in [5, 5.41) is 7.34. The first-order valence-corrected chi connectivity index (χ1v) is 9.70. The molecule has 1 fully saturated rings. The highest BCUT2D eigenvalue weighted by atomic mass is 32.2. The molecule has 3 aromatic rings. The van der Waals surface area contributed by atoms with Crippen LogP contribution in [0.4, 0.5) is 11.4 Å². The van der Waals surface area contributed by atoms with E-state index in [1.165, 1.54) is 13.2 Å². The van der Waals surface area contributed by atoms with Crippen LogP contribution in [0.3, 0.4) is 0 Å². The van der Waals surface area contributed by atoms with Crippen molar-refractivity contribution in [3.05, 3.63) is 36.4 Å². The minimum absolute atomic E-state index is 0.0524. The number of carbonyl (C=O) groups excluding carboxylic acids is 1. The van der Waals surface area contributed by atoms with Gasteiger partial charge in [0.1, 0.15) is 16.2 Å². The van der Waals surface area contributed by atoms with Gasteiger partial charge in [0, 0.05) is 19.0 Å². The Hall–Kier alpha value is -3.14. The van der Waals surface area contributed by atoms with Gasteiger partial charge in [-0.25, -0.2) is 13.0 Å². The minimum Gasteiger partial charge on any atom is -0.497 e. The predicted octanol–water partition coefficient (Wildman–Crippen LogP) is 2.16. The van der Waals surface area contributed by atoms with Crippen LogP contribution >= 0.6 is 0 Å². The Morgan fingerprint density at radius 3 is 2.81 bits per heavy atom. The summed E-state index contributed by atoms with van der Waals surface area (Å²) in [4.78, 5) is 13.6. The van der Waals surface area contributed by atoms with E-state index in [0.717, 1.165) is 6.42 Å². The van der Waals surface area contributed by atoms with Crippen LogP contribution in [0.15, 0.2) is 45.9 Å². The molecule has 0 saturated carbocycles. The quantitative estimate of drug-likeness (QED) is 0.712. The molecule has 1 amide bonds. The fourth-order valence-corrected chi connectivity index (χ4v) is 4.28. The summed E-state index contributed by atoms with van der Waals surface area (Å²) in [6.45, 7) is 0.530. The number of benzene rings is 2. The lowest BCUT2D eigenvalue weighted by Crippen LogP contribution is -2.25. The lowest BCUT2D eigenvalue weighted by atomic mass is 10.2. The number of anilines is 2. The van der Waals surface area contributed by atoms with Crippen LogP contribution in [-0.2, 0) is 14.8 Å². The maximum absolute atomic E-state index is 13.0. The van der Waals surface area contributed by atoms with Gasteiger partial charge in [-0.3, -0.25) is 9.52 Å². The van der Waals surface area contributed by atoms with Crippen molar-refractivity contribution in [2.24, 2.45) is 0 Å². The van der Waals surface area contributed by atoms with Crippen molar-refractivity contribution in [1.29, 1.82) is 0 Å². The first-order chi connectivity index (χ1) is 13.0. The molecule has 0 bridgehead atoms. The third-order valence-electron chi connectivity index (χ3n) is 4.35. The standard InChI is InChI=1S/C17H16N4O5S/c1-25-11-7-8-14(21-9-3-6-16(21)22)13(10-11)20-27(23,24)15-5-2-4-12-17(15)19-26-18-12/h2,4-5,7-8,10,20H,3,6,9H2,1H3. The molecule has 2 heterocycles. The van der Waals surface area contributed by atoms with E-state index >= 15 is 0 Å². The second kappa shape index (κ2) is 6.54. The van der Waals surface area contributed by atoms with Crippen molar-refractivity contribution in [3.8, 4) is 5.75 Å². The molecule has 9 nitrogen and oxygen atoms in total. The van der Waals surface area contributed by atoms with Crippen LogP contribution in [0.5, 0.6) is 5.75 Å². The zero-order valence-corrected chi connectivity index (χ0v) is 15.2. The van der Waals surface area contributed by atoms with Gasteiger partial charge in [0.25, 0.3) is 10.0 Å². The van der Waals surface area contributed by atoms with E-state index in [-0.39, 0.29) is 22.0 Å². The van der Waals surface area contributed by atoms with E-state index in [1.54, 1.807) is 35.2 Å². The third kappa shape index (κ3) is 3.08. The molecule has 1 aliphatic heterocycles. The summed E-state index contributed by atoms with van der Waals surface area (Å²) >= 11 is 0. The van der Waals surface area contributed by atoms with Gasteiger partial charge >= 0.3 is 0 Å². The highest BCUT2D eigenvalue weighted by Crippen LogP contribution is 2.35. The van der Waals surface area contributed by atoms with E-state index in [9.17, 15) is 13.2 Å². The lowest BCUT2D eigenvalue weighted by molar-refractivity contribution is -0.117. The van der Waals surface area contributed by atoms with Crippen molar-refractivity contribution in [3.63, 3.8) is 0 Å². The van der Waals surface area contributed by atoms with Crippen LogP contribution in [0, 0.1) is 0 Å². The number of methoxy groups -OCH3 is 1. The van der Waals surface area contributed by atoms with Crippen LogP contribution < -0.4 is 14.4 Å². The Bertz CT molecular complexity index is 1130. The smallest absolute Gasteiger partial charge is 0.264 e. The maximum atomic E-state index is 13.0. The first-order valence-electron chi connectivity index (χ1n) is 8.22. The van der Waals surface area contributed by atoms with Gasteiger partial charge in [0.2, 0.25) is 5.91 Å². The monoisotopic (exact) mass is 388 g/mol. The number of amides is 1. The molecule has 10 heteroatoms. The van der Waals surface area contributed by atoms with Crippen LogP contribution in [-0.4, -0.2) is 38.3 Å². The second-order valence-corrected chi connectivity index (χ2v) is 7.68. The molecule has 0 spiro atoms. The molecule has 0 atom stereocenters. The summed E-state index contributed by atoms with van der Waals surface area (Å²) in [6, 6.07) is 9.46. The van der Waals surface area contributed by atoms with Crippen molar-refractivity contribution in [2.45, 2.75) is 17.7 Å². The molecule has 27 heavy (non-hydrogen) atoms. The molecule has 0 aliphatic carbocycles. The van der Waals surface area contributed by atoms with Crippen molar-refractivity contribution in [2.75, 3.05) is 23.3 Å². The molecule has 2 aromatic carbocycles. The van der Waals surface area contributed by atoms with Crippen LogP contribution in [0.25, 0.3) is 11.0 Å². The zero-order chi connectivity index (χ0) is 19.0. The van der Waals surface area contributed by atoms with E-state index in [0.29, 0.717) is 29.9 Å². The highest BCUT2D eigenvalue weighted by Gasteiger charge is 2.27. The Morgan fingerprint density at radius 1 is 1.22 bits per heavy atom. The largest absolute Gasteiger partial charge is 0.497 e. The number of fused-ring (bicyclic) bond motifs is 1. The van der Waals surface area contributed by atoms with E-state index in [4.69, 9.17) is 4.74 Å². The molecule has 140 valence electrons. The summed E-state index contributed by atoms with van der Waals surface area (Å²) in [5.74, 6) is 0.410. The number of carbonyl (C=O) groups is 1. The average Bonchev–Trinajstić information content (AvgIpc) is 3.29. The van der Waals surface area contributed by atoms with Crippen molar-refractivity contribution < 1.29 is 22.6 Å². The number of aromatic nitrogens is 2. The minimum atomic E-state index is -4.01. The average molecular weight is 388 g/mol. The van der Waals surface area contributed by atoms with Gasteiger partial charge < -0.3 is 9.64 Å². The molecular formula is C17H16N4O5S. The molecule has 4 rings (SSSR count). The number of hydrogen-bond acceptors (Lipinski definition) is 7. The third-order valence-corrected chi connectivity index (χ3v) is 5.75. The number of sulfonamides is 1. The van der Waals surface area contributed by atoms with E-state index in [2.05, 4.69) is 19.7 Å². The van der Waals surface area contributed by atoms with Gasteiger partial charge in [0.15, 0.2) is 5.52 Å². The Kier molecular flexibility index (Phi) is 4.19. The number of rotatable bonds is 5. The molecule has 0 unspecified atom stereocenters. The molecule has 1 aromatic heterocycles. The topological polar surface area (TPSA) is 115 Å². The molecular weight excluding hydrogens is 372 g/mol. The second-order valence-electron chi connectivity index (χ2n) is 6.03. The predicted molar refractivity (Wildman–Crippen MR) is 97.2 cm³/mol. The van der Waals surface area contributed by atoms with Crippen LogP contribution in [0.1, 0.15) is 12.8 Å². The summed E-state index contributed by atoms with van der Waals surface area (Å²) in [7, 11) is -2.53. The molecule has 0 radical (unpaired) electrons. The van der Waals surface area contributed by atoms with Crippen LogP contribution in [0.2, 0.25) is 0 Å². The number of ether oxygens (including phenoxy) is 1. The zero-order valence-electron chi connectivity index (χ0n) is 14.4. The summed E-state index contributed by atoms with van der Waals surface area (Å²) in [6.07, 6.45) is 1.16. The van der Waals surface area contributed by atoms with E-state index in [1.807, 2.05) is 0 Å². The van der Waals surface area contributed by atoms with E-state index < -0.39 is 10.0 Å². The number of nitrogens with one attached hydrogen (secondary N) is 1. The Morgan fingerprint density at radius 2 is 2.07 bits per heavy atom.